The molecule has 0 unspecified atom stereocenters. The molecule has 33 heavy (non-hydrogen) atoms. The predicted octanol–water partition coefficient (Wildman–Crippen LogP) is 3.85. The summed E-state index contributed by atoms with van der Waals surface area (Å²) < 4.78 is 32.5. The average molecular weight is 487 g/mol. The number of rotatable bonds is 8. The number of benzene rings is 1. The fourth-order valence-corrected chi connectivity index (χ4v) is 5.38. The summed E-state index contributed by atoms with van der Waals surface area (Å²) >= 11 is 1.25. The van der Waals surface area contributed by atoms with E-state index in [2.05, 4.69) is 22.0 Å². The van der Waals surface area contributed by atoms with Gasteiger partial charge in [-0.15, -0.1) is 0 Å². The fourth-order valence-electron chi connectivity index (χ4n) is 3.41. The quantitative estimate of drug-likeness (QED) is 0.268. The summed E-state index contributed by atoms with van der Waals surface area (Å²) in [7, 11) is -3.61. The Hall–Kier alpha value is -2.99. The van der Waals surface area contributed by atoms with Gasteiger partial charge < -0.3 is 4.42 Å². The first-order chi connectivity index (χ1) is 15.9. The van der Waals surface area contributed by atoms with Gasteiger partial charge in [-0.3, -0.25) is 15.0 Å². The van der Waals surface area contributed by atoms with Gasteiger partial charge in [0.15, 0.2) is 0 Å². The molecule has 0 radical (unpaired) electrons. The molecule has 1 fully saturated rings. The molecule has 1 aromatic carbocycles. The van der Waals surface area contributed by atoms with Gasteiger partial charge in [-0.25, -0.2) is 13.4 Å². The van der Waals surface area contributed by atoms with Crippen molar-refractivity contribution in [1.82, 2.24) is 14.2 Å². The number of sulfonamides is 1. The van der Waals surface area contributed by atoms with E-state index in [4.69, 9.17) is 4.42 Å². The second-order valence-corrected chi connectivity index (χ2v) is 10.2. The molecule has 3 heterocycles. The van der Waals surface area contributed by atoms with Crippen LogP contribution in [0.5, 0.6) is 0 Å². The molecule has 11 heteroatoms. The molecule has 0 atom stereocenters. The Balaban J connectivity index is 1.32. The molecule has 3 aromatic rings. The summed E-state index contributed by atoms with van der Waals surface area (Å²) in [5.74, 6) is 0.0213. The maximum Gasteiger partial charge on any atom is 0.433 e. The van der Waals surface area contributed by atoms with E-state index in [0.717, 1.165) is 6.54 Å². The maximum atomic E-state index is 13.0. The highest BCUT2D eigenvalue weighted by atomic mass is 32.2. The van der Waals surface area contributed by atoms with Crippen LogP contribution in [0.25, 0.3) is 6.08 Å². The van der Waals surface area contributed by atoms with Crippen molar-refractivity contribution < 1.29 is 17.8 Å². The zero-order valence-corrected chi connectivity index (χ0v) is 19.2. The van der Waals surface area contributed by atoms with Gasteiger partial charge in [0.05, 0.1) is 6.07 Å². The zero-order valence-electron chi connectivity index (χ0n) is 17.6. The van der Waals surface area contributed by atoms with Crippen molar-refractivity contribution in [3.8, 4) is 0 Å². The van der Waals surface area contributed by atoms with Gasteiger partial charge in [-0.05, 0) is 35.2 Å². The van der Waals surface area contributed by atoms with E-state index in [0.29, 0.717) is 37.0 Å². The SMILES string of the molecule is O=[N+]([O-])c1ccc(C=CSc2ccc(S(=O)(=O)N3CCN(Cc4ccccc4)CC3)cn2)o1. The maximum absolute atomic E-state index is 13.0. The van der Waals surface area contributed by atoms with Gasteiger partial charge in [-0.1, -0.05) is 42.1 Å². The summed E-state index contributed by atoms with van der Waals surface area (Å²) in [5.41, 5.74) is 1.21. The molecule has 172 valence electrons. The summed E-state index contributed by atoms with van der Waals surface area (Å²) in [6.45, 7) is 3.02. The lowest BCUT2D eigenvalue weighted by Gasteiger charge is -2.33. The number of hydrogen-bond acceptors (Lipinski definition) is 8. The largest absolute Gasteiger partial charge is 0.433 e. The Morgan fingerprint density at radius 1 is 1.06 bits per heavy atom. The molecule has 0 bridgehead atoms. The summed E-state index contributed by atoms with van der Waals surface area (Å²) in [4.78, 5) is 16.7. The minimum absolute atomic E-state index is 0.161. The highest BCUT2D eigenvalue weighted by Crippen LogP contribution is 2.23. The number of thioether (sulfide) groups is 1. The first-order valence-corrected chi connectivity index (χ1v) is 12.5. The lowest BCUT2D eigenvalue weighted by atomic mass is 10.2. The Kier molecular flexibility index (Phi) is 7.23. The number of hydrogen-bond donors (Lipinski definition) is 0. The highest BCUT2D eigenvalue weighted by molar-refractivity contribution is 8.02. The molecule has 1 aliphatic rings. The first kappa shape index (κ1) is 23.2. The normalized spacial score (nSPS) is 15.8. The molecule has 9 nitrogen and oxygen atoms in total. The van der Waals surface area contributed by atoms with Gasteiger partial charge in [0.2, 0.25) is 10.0 Å². The molecule has 4 rings (SSSR count). The van der Waals surface area contributed by atoms with E-state index >= 15 is 0 Å². The first-order valence-electron chi connectivity index (χ1n) is 10.2. The number of piperazine rings is 1. The lowest BCUT2D eigenvalue weighted by molar-refractivity contribution is -0.402. The van der Waals surface area contributed by atoms with E-state index in [1.807, 2.05) is 18.2 Å². The molecule has 1 saturated heterocycles. The second kappa shape index (κ2) is 10.3. The molecular formula is C22H22N4O5S2. The van der Waals surface area contributed by atoms with Crippen molar-refractivity contribution in [2.24, 2.45) is 0 Å². The molecular weight excluding hydrogens is 464 g/mol. The monoisotopic (exact) mass is 486 g/mol. The van der Waals surface area contributed by atoms with Gasteiger partial charge in [0.25, 0.3) is 0 Å². The summed E-state index contributed by atoms with van der Waals surface area (Å²) in [6, 6.07) is 16.1. The van der Waals surface area contributed by atoms with Gasteiger partial charge in [-0.2, -0.15) is 4.31 Å². The molecule has 2 aromatic heterocycles. The molecule has 0 amide bonds. The van der Waals surface area contributed by atoms with Crippen molar-refractivity contribution in [1.29, 1.82) is 0 Å². The molecule has 0 spiro atoms. The van der Waals surface area contributed by atoms with Crippen molar-refractivity contribution in [2.75, 3.05) is 26.2 Å². The van der Waals surface area contributed by atoms with Crippen LogP contribution in [0.3, 0.4) is 0 Å². The highest BCUT2D eigenvalue weighted by Gasteiger charge is 2.28. The number of nitrogens with zero attached hydrogens (tertiary/aromatic N) is 4. The predicted molar refractivity (Wildman–Crippen MR) is 125 cm³/mol. The van der Waals surface area contributed by atoms with E-state index < -0.39 is 14.9 Å². The number of pyridine rings is 1. The Bertz CT molecular complexity index is 1220. The Morgan fingerprint density at radius 2 is 1.82 bits per heavy atom. The molecule has 0 N–H and O–H groups in total. The zero-order chi connectivity index (χ0) is 23.3. The standard InChI is InChI=1S/C22H22N4O5S2/c27-26(28)22-9-6-19(31-22)10-15-32-21-8-7-20(16-23-21)33(29,30)25-13-11-24(12-14-25)17-18-4-2-1-3-5-18/h1-10,15-16H,11-14,17H2. The third kappa shape index (κ3) is 5.88. The van der Waals surface area contributed by atoms with Crippen LogP contribution in [0.15, 0.2) is 80.5 Å². The van der Waals surface area contributed by atoms with Gasteiger partial charge >= 0.3 is 5.88 Å². The molecule has 0 saturated carbocycles. The third-order valence-corrected chi connectivity index (χ3v) is 7.78. The minimum atomic E-state index is -3.61. The van der Waals surface area contributed by atoms with Crippen molar-refractivity contribution in [3.63, 3.8) is 0 Å². The third-order valence-electron chi connectivity index (χ3n) is 5.14. The second-order valence-electron chi connectivity index (χ2n) is 7.35. The van der Waals surface area contributed by atoms with Crippen LogP contribution < -0.4 is 0 Å². The Labute approximate surface area is 195 Å². The van der Waals surface area contributed by atoms with E-state index in [-0.39, 0.29) is 10.8 Å². The van der Waals surface area contributed by atoms with E-state index in [1.54, 1.807) is 23.6 Å². The van der Waals surface area contributed by atoms with Gasteiger partial charge in [0, 0.05) is 38.9 Å². The van der Waals surface area contributed by atoms with Crippen LogP contribution in [0, 0.1) is 10.1 Å². The Morgan fingerprint density at radius 3 is 2.45 bits per heavy atom. The van der Waals surface area contributed by atoms with Crippen LogP contribution >= 0.6 is 11.8 Å². The van der Waals surface area contributed by atoms with E-state index in [1.165, 1.54) is 40.0 Å². The average Bonchev–Trinajstić information content (AvgIpc) is 3.30. The topological polar surface area (TPSA) is 110 Å². The van der Waals surface area contributed by atoms with Crippen LogP contribution in [0.4, 0.5) is 5.88 Å². The number of furan rings is 1. The fraction of sp³-hybridized carbons (Fsp3) is 0.227. The summed E-state index contributed by atoms with van der Waals surface area (Å²) in [6.07, 6.45) is 2.94. The van der Waals surface area contributed by atoms with Crippen LogP contribution in [0.1, 0.15) is 11.3 Å². The van der Waals surface area contributed by atoms with Crippen LogP contribution in [0.2, 0.25) is 0 Å². The molecule has 0 aliphatic carbocycles. The van der Waals surface area contributed by atoms with Crippen LogP contribution in [-0.2, 0) is 16.6 Å². The van der Waals surface area contributed by atoms with Crippen molar-refractivity contribution in [2.45, 2.75) is 16.5 Å². The van der Waals surface area contributed by atoms with E-state index in [9.17, 15) is 18.5 Å². The van der Waals surface area contributed by atoms with Crippen molar-refractivity contribution >= 4 is 33.7 Å². The number of nitro groups is 1. The number of aromatic nitrogens is 1. The van der Waals surface area contributed by atoms with Crippen LogP contribution in [-0.4, -0.2) is 53.7 Å². The van der Waals surface area contributed by atoms with Gasteiger partial charge in [0.1, 0.15) is 20.6 Å². The van der Waals surface area contributed by atoms with Crippen molar-refractivity contribution in [3.05, 3.63) is 87.6 Å². The molecule has 1 aliphatic heterocycles. The smallest absolute Gasteiger partial charge is 0.401 e. The summed E-state index contributed by atoms with van der Waals surface area (Å²) in [5, 5.41) is 12.9. The minimum Gasteiger partial charge on any atom is -0.401 e. The lowest BCUT2D eigenvalue weighted by Crippen LogP contribution is -2.48.